The normalized spacial score (nSPS) is 11.5. The molecule has 124 valence electrons. The number of nitrogens with zero attached hydrogens (tertiary/aromatic N) is 1. The molecule has 0 spiro atoms. The first-order chi connectivity index (χ1) is 10.7. The zero-order valence-corrected chi connectivity index (χ0v) is 13.9. The molecule has 0 aromatic heterocycles. The molecule has 5 heteroatoms. The summed E-state index contributed by atoms with van der Waals surface area (Å²) in [6, 6.07) is 5.26. The first-order valence-corrected chi connectivity index (χ1v) is 7.94. The van der Waals surface area contributed by atoms with Crippen molar-refractivity contribution in [1.29, 1.82) is 0 Å². The molecule has 2 N–H and O–H groups in total. The lowest BCUT2D eigenvalue weighted by Crippen LogP contribution is -2.37. The Morgan fingerprint density at radius 3 is 2.68 bits per heavy atom. The second-order valence-corrected chi connectivity index (χ2v) is 5.26. The molecular formula is C17H28FN3O. The second kappa shape index (κ2) is 11.0. The van der Waals surface area contributed by atoms with E-state index in [1.807, 2.05) is 6.07 Å². The molecule has 0 amide bonds. The summed E-state index contributed by atoms with van der Waals surface area (Å²) in [4.78, 5) is 4.15. The minimum atomic E-state index is -0.175. The van der Waals surface area contributed by atoms with Crippen LogP contribution in [0.3, 0.4) is 0 Å². The molecule has 0 saturated heterocycles. The number of rotatable bonds is 9. The third-order valence-corrected chi connectivity index (χ3v) is 3.32. The lowest BCUT2D eigenvalue weighted by Gasteiger charge is -2.12. The van der Waals surface area contributed by atoms with Gasteiger partial charge >= 0.3 is 0 Å². The van der Waals surface area contributed by atoms with Gasteiger partial charge < -0.3 is 15.4 Å². The maximum atomic E-state index is 13.5. The molecule has 0 radical (unpaired) electrons. The molecule has 1 aromatic rings. The van der Waals surface area contributed by atoms with Crippen LogP contribution in [0.4, 0.5) is 4.39 Å². The van der Waals surface area contributed by atoms with Crippen LogP contribution in [-0.4, -0.2) is 32.8 Å². The third kappa shape index (κ3) is 7.41. The largest absolute Gasteiger partial charge is 0.381 e. The van der Waals surface area contributed by atoms with Crippen LogP contribution in [0.1, 0.15) is 37.3 Å². The quantitative estimate of drug-likeness (QED) is 0.419. The Bertz CT molecular complexity index is 463. The second-order valence-electron chi connectivity index (χ2n) is 5.26. The van der Waals surface area contributed by atoms with Gasteiger partial charge in [0.1, 0.15) is 5.82 Å². The molecule has 0 fully saturated rings. The number of aliphatic imine (C=N–C) groups is 1. The van der Waals surface area contributed by atoms with Gasteiger partial charge in [0.25, 0.3) is 0 Å². The summed E-state index contributed by atoms with van der Waals surface area (Å²) in [5.74, 6) is 0.543. The van der Waals surface area contributed by atoms with Gasteiger partial charge in [-0.2, -0.15) is 0 Å². The Balaban J connectivity index is 2.21. The molecule has 0 bridgehead atoms. The molecule has 0 aliphatic carbocycles. The van der Waals surface area contributed by atoms with E-state index in [0.717, 1.165) is 50.5 Å². The molecule has 0 aliphatic rings. The van der Waals surface area contributed by atoms with E-state index in [2.05, 4.69) is 22.5 Å². The summed E-state index contributed by atoms with van der Waals surface area (Å²) < 4.78 is 19.0. The standard InChI is InChI=1S/C17H28FN3O/c1-4-5-10-22-11-6-9-20-17(19-3)21-13-15-8-7-14(2)16(18)12-15/h7-8,12H,4-6,9-11,13H2,1-3H3,(H2,19,20,21). The number of unbranched alkanes of at least 4 members (excludes halogenated alkanes) is 1. The molecule has 4 nitrogen and oxygen atoms in total. The summed E-state index contributed by atoms with van der Waals surface area (Å²) in [7, 11) is 1.73. The van der Waals surface area contributed by atoms with Crippen LogP contribution in [0.15, 0.2) is 23.2 Å². The fourth-order valence-corrected chi connectivity index (χ4v) is 1.88. The zero-order valence-electron chi connectivity index (χ0n) is 13.9. The summed E-state index contributed by atoms with van der Waals surface area (Å²) >= 11 is 0. The number of nitrogens with one attached hydrogen (secondary N) is 2. The van der Waals surface area contributed by atoms with Crippen LogP contribution in [0.2, 0.25) is 0 Å². The van der Waals surface area contributed by atoms with E-state index >= 15 is 0 Å². The summed E-state index contributed by atoms with van der Waals surface area (Å²) in [6.07, 6.45) is 3.21. The van der Waals surface area contributed by atoms with Crippen molar-refractivity contribution in [1.82, 2.24) is 10.6 Å². The van der Waals surface area contributed by atoms with Crippen LogP contribution < -0.4 is 10.6 Å². The van der Waals surface area contributed by atoms with Gasteiger partial charge in [-0.05, 0) is 37.0 Å². The van der Waals surface area contributed by atoms with Crippen LogP contribution >= 0.6 is 0 Å². The van der Waals surface area contributed by atoms with Gasteiger partial charge in [-0.1, -0.05) is 25.5 Å². The summed E-state index contributed by atoms with van der Waals surface area (Å²) in [5, 5.41) is 6.40. The minimum Gasteiger partial charge on any atom is -0.381 e. The van der Waals surface area contributed by atoms with Crippen LogP contribution in [0, 0.1) is 12.7 Å². The molecule has 22 heavy (non-hydrogen) atoms. The topological polar surface area (TPSA) is 45.6 Å². The van der Waals surface area contributed by atoms with Gasteiger partial charge in [0.05, 0.1) is 0 Å². The maximum Gasteiger partial charge on any atom is 0.191 e. The van der Waals surface area contributed by atoms with Gasteiger partial charge in [-0.15, -0.1) is 0 Å². The number of halogens is 1. The van der Waals surface area contributed by atoms with Crippen molar-refractivity contribution >= 4 is 5.96 Å². The molecule has 1 aromatic carbocycles. The maximum absolute atomic E-state index is 13.5. The van der Waals surface area contributed by atoms with Crippen LogP contribution in [-0.2, 0) is 11.3 Å². The highest BCUT2D eigenvalue weighted by atomic mass is 19.1. The smallest absolute Gasteiger partial charge is 0.191 e. The average molecular weight is 309 g/mol. The number of aryl methyl sites for hydroxylation is 1. The van der Waals surface area contributed by atoms with Crippen LogP contribution in [0.25, 0.3) is 0 Å². The SMILES string of the molecule is CCCCOCCCNC(=NC)NCc1ccc(C)c(F)c1. The Morgan fingerprint density at radius 1 is 1.23 bits per heavy atom. The average Bonchev–Trinajstić information content (AvgIpc) is 2.52. The summed E-state index contributed by atoms with van der Waals surface area (Å²) in [6.45, 7) is 6.85. The van der Waals surface area contributed by atoms with Gasteiger partial charge in [-0.3, -0.25) is 4.99 Å². The Hall–Kier alpha value is -1.62. The highest BCUT2D eigenvalue weighted by Gasteiger charge is 2.01. The fraction of sp³-hybridized carbons (Fsp3) is 0.588. The molecule has 0 unspecified atom stereocenters. The Labute approximate surface area is 133 Å². The summed E-state index contributed by atoms with van der Waals surface area (Å²) in [5.41, 5.74) is 1.56. The Morgan fingerprint density at radius 2 is 2.00 bits per heavy atom. The fourth-order valence-electron chi connectivity index (χ4n) is 1.88. The Kier molecular flexibility index (Phi) is 9.23. The van der Waals surface area contributed by atoms with Crippen molar-refractivity contribution < 1.29 is 9.13 Å². The van der Waals surface area contributed by atoms with E-state index in [1.165, 1.54) is 0 Å². The van der Waals surface area contributed by atoms with E-state index in [0.29, 0.717) is 12.1 Å². The minimum absolute atomic E-state index is 0.175. The van der Waals surface area contributed by atoms with Gasteiger partial charge in [0, 0.05) is 33.4 Å². The molecular weight excluding hydrogens is 281 g/mol. The highest BCUT2D eigenvalue weighted by molar-refractivity contribution is 5.79. The number of ether oxygens (including phenoxy) is 1. The third-order valence-electron chi connectivity index (χ3n) is 3.32. The van der Waals surface area contributed by atoms with Gasteiger partial charge in [-0.25, -0.2) is 4.39 Å². The van der Waals surface area contributed by atoms with E-state index < -0.39 is 0 Å². The van der Waals surface area contributed by atoms with E-state index in [4.69, 9.17) is 4.74 Å². The predicted molar refractivity (Wildman–Crippen MR) is 89.7 cm³/mol. The molecule has 0 heterocycles. The number of guanidine groups is 1. The van der Waals surface area contributed by atoms with Crippen molar-refractivity contribution in [2.45, 2.75) is 39.7 Å². The van der Waals surface area contributed by atoms with Gasteiger partial charge in [0.15, 0.2) is 5.96 Å². The first kappa shape index (κ1) is 18.4. The van der Waals surface area contributed by atoms with E-state index in [-0.39, 0.29) is 5.82 Å². The monoisotopic (exact) mass is 309 g/mol. The van der Waals surface area contributed by atoms with Crippen molar-refractivity contribution in [3.8, 4) is 0 Å². The number of hydrogen-bond acceptors (Lipinski definition) is 2. The highest BCUT2D eigenvalue weighted by Crippen LogP contribution is 2.08. The van der Waals surface area contributed by atoms with Gasteiger partial charge in [0.2, 0.25) is 0 Å². The van der Waals surface area contributed by atoms with E-state index in [9.17, 15) is 4.39 Å². The lowest BCUT2D eigenvalue weighted by molar-refractivity contribution is 0.129. The number of hydrogen-bond donors (Lipinski definition) is 2. The molecule has 0 atom stereocenters. The molecule has 0 saturated carbocycles. The molecule has 0 aliphatic heterocycles. The van der Waals surface area contributed by atoms with E-state index in [1.54, 1.807) is 26.1 Å². The molecule has 1 rings (SSSR count). The number of benzene rings is 1. The van der Waals surface area contributed by atoms with Crippen molar-refractivity contribution in [2.75, 3.05) is 26.8 Å². The first-order valence-electron chi connectivity index (χ1n) is 7.94. The zero-order chi connectivity index (χ0) is 16.2. The lowest BCUT2D eigenvalue weighted by atomic mass is 10.1. The van der Waals surface area contributed by atoms with Crippen molar-refractivity contribution in [3.05, 3.63) is 35.1 Å². The van der Waals surface area contributed by atoms with Crippen LogP contribution in [0.5, 0.6) is 0 Å². The van der Waals surface area contributed by atoms with Crippen molar-refractivity contribution in [3.63, 3.8) is 0 Å². The predicted octanol–water partition coefficient (Wildman–Crippen LogP) is 3.01. The van der Waals surface area contributed by atoms with Crippen molar-refractivity contribution in [2.24, 2.45) is 4.99 Å².